The van der Waals surface area contributed by atoms with Gasteiger partial charge in [-0.05, 0) is 34.2 Å². The van der Waals surface area contributed by atoms with E-state index in [0.717, 1.165) is 23.5 Å². The molecule has 1 aromatic carbocycles. The molecule has 0 fully saturated rings. The molecule has 1 heterocycles. The van der Waals surface area contributed by atoms with Gasteiger partial charge in [-0.1, -0.05) is 11.3 Å². The fourth-order valence-corrected chi connectivity index (χ4v) is 2.13. The summed E-state index contributed by atoms with van der Waals surface area (Å²) in [5.74, 6) is -1.13. The molecule has 2 rings (SSSR count). The van der Waals surface area contributed by atoms with Crippen molar-refractivity contribution in [2.75, 3.05) is 5.32 Å². The third-order valence-electron chi connectivity index (χ3n) is 1.69. The second kappa shape index (κ2) is 4.56. The van der Waals surface area contributed by atoms with Crippen LogP contribution in [0.1, 0.15) is 0 Å². The van der Waals surface area contributed by atoms with Crippen molar-refractivity contribution < 1.29 is 8.78 Å². The highest BCUT2D eigenvalue weighted by molar-refractivity contribution is 9.10. The largest absolute Gasteiger partial charge is 0.328 e. The molecule has 0 aliphatic heterocycles. The van der Waals surface area contributed by atoms with Crippen molar-refractivity contribution in [1.29, 1.82) is 0 Å². The van der Waals surface area contributed by atoms with Crippen LogP contribution >= 0.6 is 39.5 Å². The number of halogens is 3. The zero-order valence-electron chi connectivity index (χ0n) is 7.55. The van der Waals surface area contributed by atoms with E-state index in [4.69, 9.17) is 12.2 Å². The molecule has 0 amide bonds. The van der Waals surface area contributed by atoms with Crippen LogP contribution in [0.3, 0.4) is 0 Å². The van der Waals surface area contributed by atoms with E-state index in [1.54, 1.807) is 0 Å². The molecular weight excluding hydrogens is 320 g/mol. The van der Waals surface area contributed by atoms with Gasteiger partial charge in [0, 0.05) is 6.07 Å². The number of nitrogens with zero attached hydrogens (tertiary/aromatic N) is 1. The number of benzene rings is 1. The summed E-state index contributed by atoms with van der Waals surface area (Å²) in [5.41, 5.74) is 0.0125. The molecule has 16 heavy (non-hydrogen) atoms. The van der Waals surface area contributed by atoms with Crippen LogP contribution in [0.15, 0.2) is 16.6 Å². The Balaban J connectivity index is 2.34. The van der Waals surface area contributed by atoms with Crippen molar-refractivity contribution >= 4 is 50.3 Å². The Hall–Kier alpha value is -0.860. The third kappa shape index (κ3) is 2.45. The van der Waals surface area contributed by atoms with E-state index in [0.29, 0.717) is 9.09 Å². The lowest BCUT2D eigenvalue weighted by molar-refractivity contribution is 0.598. The summed E-state index contributed by atoms with van der Waals surface area (Å²) < 4.78 is 27.1. The van der Waals surface area contributed by atoms with Crippen LogP contribution in [0.2, 0.25) is 0 Å². The normalized spacial score (nSPS) is 10.4. The van der Waals surface area contributed by atoms with E-state index in [1.807, 2.05) is 0 Å². The number of rotatable bonds is 2. The van der Waals surface area contributed by atoms with Gasteiger partial charge < -0.3 is 5.32 Å². The summed E-state index contributed by atoms with van der Waals surface area (Å²) in [5, 5.41) is 9.33. The van der Waals surface area contributed by atoms with Gasteiger partial charge in [0.15, 0.2) is 3.95 Å². The molecule has 0 aliphatic rings. The van der Waals surface area contributed by atoms with Gasteiger partial charge in [0.25, 0.3) is 0 Å². The zero-order chi connectivity index (χ0) is 11.7. The van der Waals surface area contributed by atoms with Crippen LogP contribution in [0.25, 0.3) is 0 Å². The molecule has 3 nitrogen and oxygen atoms in total. The minimum atomic E-state index is -0.575. The van der Waals surface area contributed by atoms with Crippen LogP contribution in [0.5, 0.6) is 0 Å². The van der Waals surface area contributed by atoms with Gasteiger partial charge >= 0.3 is 0 Å². The lowest BCUT2D eigenvalue weighted by Gasteiger charge is -2.04. The second-order valence-corrected chi connectivity index (χ2v) is 5.31. The van der Waals surface area contributed by atoms with E-state index >= 15 is 0 Å². The van der Waals surface area contributed by atoms with Crippen LogP contribution in [-0.2, 0) is 0 Å². The fraction of sp³-hybridized carbons (Fsp3) is 0. The molecule has 2 aromatic rings. The fourth-order valence-electron chi connectivity index (χ4n) is 1.02. The first-order chi connectivity index (χ1) is 7.56. The van der Waals surface area contributed by atoms with Crippen molar-refractivity contribution in [3.8, 4) is 0 Å². The Morgan fingerprint density at radius 2 is 2.12 bits per heavy atom. The van der Waals surface area contributed by atoms with E-state index in [-0.39, 0.29) is 10.2 Å². The predicted octanol–water partition coefficient (Wildman–Crippen LogP) is 3.98. The maximum Gasteiger partial charge on any atom is 0.208 e. The Morgan fingerprint density at radius 1 is 1.38 bits per heavy atom. The van der Waals surface area contributed by atoms with Crippen molar-refractivity contribution in [3.05, 3.63) is 32.2 Å². The maximum atomic E-state index is 13.4. The molecule has 84 valence electrons. The Bertz CT molecular complexity index is 581. The molecular formula is C8H4BrF2N3S2. The highest BCUT2D eigenvalue weighted by atomic mass is 79.9. The second-order valence-electron chi connectivity index (χ2n) is 2.79. The minimum absolute atomic E-state index is 0.0125. The summed E-state index contributed by atoms with van der Waals surface area (Å²) in [6.45, 7) is 0. The van der Waals surface area contributed by atoms with Gasteiger partial charge in [-0.25, -0.2) is 8.78 Å². The number of nitrogens with one attached hydrogen (secondary N) is 2. The molecule has 0 atom stereocenters. The van der Waals surface area contributed by atoms with Gasteiger partial charge in [-0.15, -0.1) is 5.10 Å². The highest BCUT2D eigenvalue weighted by Crippen LogP contribution is 2.26. The summed E-state index contributed by atoms with van der Waals surface area (Å²) in [7, 11) is 0. The van der Waals surface area contributed by atoms with Gasteiger partial charge in [-0.3, -0.25) is 5.10 Å². The Labute approximate surface area is 107 Å². The lowest BCUT2D eigenvalue weighted by Crippen LogP contribution is -1.95. The molecule has 0 spiro atoms. The molecule has 0 aliphatic carbocycles. The molecule has 0 bridgehead atoms. The molecule has 1 aromatic heterocycles. The van der Waals surface area contributed by atoms with E-state index in [1.165, 1.54) is 0 Å². The van der Waals surface area contributed by atoms with Crippen LogP contribution in [0, 0.1) is 15.6 Å². The number of hydrogen-bond donors (Lipinski definition) is 2. The predicted molar refractivity (Wildman–Crippen MR) is 64.6 cm³/mol. The number of anilines is 2. The standard InChI is InChI=1S/C8H4BrF2N3S2/c9-3-1-5(11)6(2-4(3)10)12-7-13-14-8(15)16-7/h1-2H,(H,12,13)(H,14,15). The summed E-state index contributed by atoms with van der Waals surface area (Å²) in [6.07, 6.45) is 0. The van der Waals surface area contributed by atoms with Gasteiger partial charge in [0.1, 0.15) is 11.6 Å². The SMILES string of the molecule is Fc1cc(Nc2n[nH]c(=S)s2)c(F)cc1Br. The van der Waals surface area contributed by atoms with Gasteiger partial charge in [0.05, 0.1) is 10.2 Å². The van der Waals surface area contributed by atoms with Crippen molar-refractivity contribution in [3.63, 3.8) is 0 Å². The Kier molecular flexibility index (Phi) is 3.31. The third-order valence-corrected chi connectivity index (χ3v) is 3.30. The van der Waals surface area contributed by atoms with Crippen molar-refractivity contribution in [2.45, 2.75) is 0 Å². The van der Waals surface area contributed by atoms with Crippen molar-refractivity contribution in [1.82, 2.24) is 10.2 Å². The maximum absolute atomic E-state index is 13.4. The zero-order valence-corrected chi connectivity index (χ0v) is 10.8. The average Bonchev–Trinajstić information content (AvgIpc) is 2.60. The molecule has 0 radical (unpaired) electrons. The minimum Gasteiger partial charge on any atom is -0.328 e. The van der Waals surface area contributed by atoms with E-state index < -0.39 is 11.6 Å². The quantitative estimate of drug-likeness (QED) is 0.648. The van der Waals surface area contributed by atoms with Crippen LogP contribution in [0.4, 0.5) is 19.6 Å². The number of hydrogen-bond acceptors (Lipinski definition) is 4. The number of H-pyrrole nitrogens is 1. The molecule has 0 saturated carbocycles. The summed E-state index contributed by atoms with van der Waals surface area (Å²) in [4.78, 5) is 0. The monoisotopic (exact) mass is 323 g/mol. The Morgan fingerprint density at radius 3 is 2.75 bits per heavy atom. The first-order valence-corrected chi connectivity index (χ1v) is 6.05. The molecule has 2 N–H and O–H groups in total. The topological polar surface area (TPSA) is 40.7 Å². The first kappa shape index (κ1) is 11.6. The van der Waals surface area contributed by atoms with Crippen molar-refractivity contribution in [2.24, 2.45) is 0 Å². The molecule has 0 unspecified atom stereocenters. The average molecular weight is 324 g/mol. The van der Waals surface area contributed by atoms with E-state index in [2.05, 4.69) is 31.4 Å². The van der Waals surface area contributed by atoms with E-state index in [9.17, 15) is 8.78 Å². The lowest BCUT2D eigenvalue weighted by atomic mass is 10.3. The summed E-state index contributed by atoms with van der Waals surface area (Å²) in [6, 6.07) is 2.09. The highest BCUT2D eigenvalue weighted by Gasteiger charge is 2.09. The van der Waals surface area contributed by atoms with Gasteiger partial charge in [0.2, 0.25) is 5.13 Å². The number of aromatic nitrogens is 2. The van der Waals surface area contributed by atoms with Gasteiger partial charge in [-0.2, -0.15) is 0 Å². The van der Waals surface area contributed by atoms with Crippen LogP contribution < -0.4 is 5.32 Å². The molecule has 0 saturated heterocycles. The summed E-state index contributed by atoms with van der Waals surface area (Å²) >= 11 is 8.84. The number of aromatic amines is 1. The molecule has 8 heteroatoms. The van der Waals surface area contributed by atoms with Crippen LogP contribution in [-0.4, -0.2) is 10.2 Å². The smallest absolute Gasteiger partial charge is 0.208 e. The first-order valence-electron chi connectivity index (χ1n) is 4.03.